The summed E-state index contributed by atoms with van der Waals surface area (Å²) >= 11 is 0. The number of rotatable bonds is 3. The first kappa shape index (κ1) is 14.7. The quantitative estimate of drug-likeness (QED) is 0.717. The van der Waals surface area contributed by atoms with Crippen molar-refractivity contribution >= 4 is 6.08 Å². The van der Waals surface area contributed by atoms with E-state index in [1.807, 2.05) is 12.1 Å². The van der Waals surface area contributed by atoms with Crippen LogP contribution in [0, 0.1) is 0 Å². The average molecular weight is 304 g/mol. The Morgan fingerprint density at radius 2 is 1.86 bits per heavy atom. The zero-order chi connectivity index (χ0) is 15.7. The lowest BCUT2D eigenvalue weighted by Gasteiger charge is -2.12. The van der Waals surface area contributed by atoms with Crippen molar-refractivity contribution in [1.29, 1.82) is 0 Å². The Balaban J connectivity index is 2.01. The van der Waals surface area contributed by atoms with E-state index in [0.29, 0.717) is 0 Å². The van der Waals surface area contributed by atoms with E-state index >= 15 is 0 Å². The fraction of sp³-hybridized carbons (Fsp3) is 0.222. The molecule has 0 radical (unpaired) electrons. The van der Waals surface area contributed by atoms with Crippen molar-refractivity contribution in [2.75, 3.05) is 0 Å². The fourth-order valence-electron chi connectivity index (χ4n) is 2.78. The molecule has 1 aliphatic carbocycles. The summed E-state index contributed by atoms with van der Waals surface area (Å²) in [6, 6.07) is 12.1. The Labute approximate surface area is 127 Å². The molecule has 0 spiro atoms. The molecule has 22 heavy (non-hydrogen) atoms. The SMILES string of the molecule is CCC1=Cc2c(cccc2-c2cccc(OC(F)(F)F)c2)C1. The van der Waals surface area contributed by atoms with Crippen LogP contribution in [0.4, 0.5) is 13.2 Å². The summed E-state index contributed by atoms with van der Waals surface area (Å²) in [6.07, 6.45) is -0.641. The zero-order valence-corrected chi connectivity index (χ0v) is 12.1. The minimum atomic E-state index is -4.67. The van der Waals surface area contributed by atoms with Crippen molar-refractivity contribution in [3.63, 3.8) is 0 Å². The Hall–Kier alpha value is -2.23. The minimum Gasteiger partial charge on any atom is -0.406 e. The topological polar surface area (TPSA) is 9.23 Å². The summed E-state index contributed by atoms with van der Waals surface area (Å²) in [5, 5.41) is 0. The molecular formula is C18H15F3O. The molecule has 0 amide bonds. The number of halogens is 3. The fourth-order valence-corrected chi connectivity index (χ4v) is 2.78. The van der Waals surface area contributed by atoms with E-state index in [4.69, 9.17) is 0 Å². The third-order valence-electron chi connectivity index (χ3n) is 3.80. The van der Waals surface area contributed by atoms with Crippen molar-refractivity contribution < 1.29 is 17.9 Å². The molecule has 0 N–H and O–H groups in total. The molecule has 0 aromatic heterocycles. The van der Waals surface area contributed by atoms with Gasteiger partial charge in [0.25, 0.3) is 0 Å². The van der Waals surface area contributed by atoms with Gasteiger partial charge in [-0.2, -0.15) is 0 Å². The Kier molecular flexibility index (Phi) is 3.69. The first-order valence-electron chi connectivity index (χ1n) is 7.14. The van der Waals surface area contributed by atoms with Gasteiger partial charge in [0, 0.05) is 0 Å². The van der Waals surface area contributed by atoms with Gasteiger partial charge in [0.1, 0.15) is 5.75 Å². The van der Waals surface area contributed by atoms with Crippen LogP contribution in [0.2, 0.25) is 0 Å². The Bertz CT molecular complexity index is 729. The highest BCUT2D eigenvalue weighted by Crippen LogP contribution is 2.36. The van der Waals surface area contributed by atoms with Gasteiger partial charge in [0.15, 0.2) is 0 Å². The molecule has 0 fully saturated rings. The van der Waals surface area contributed by atoms with Gasteiger partial charge in [-0.3, -0.25) is 0 Å². The molecule has 0 saturated carbocycles. The lowest BCUT2D eigenvalue weighted by molar-refractivity contribution is -0.274. The van der Waals surface area contributed by atoms with Gasteiger partial charge in [-0.1, -0.05) is 48.9 Å². The molecule has 0 bridgehead atoms. The second kappa shape index (κ2) is 5.52. The predicted molar refractivity (Wildman–Crippen MR) is 80.5 cm³/mol. The number of hydrogen-bond acceptors (Lipinski definition) is 1. The highest BCUT2D eigenvalue weighted by Gasteiger charge is 2.31. The molecule has 0 heterocycles. The van der Waals surface area contributed by atoms with E-state index < -0.39 is 6.36 Å². The first-order valence-corrected chi connectivity index (χ1v) is 7.14. The molecule has 0 saturated heterocycles. The van der Waals surface area contributed by atoms with Gasteiger partial charge in [-0.25, -0.2) is 0 Å². The summed E-state index contributed by atoms with van der Waals surface area (Å²) in [6.45, 7) is 2.11. The van der Waals surface area contributed by atoms with Crippen molar-refractivity contribution in [3.8, 4) is 16.9 Å². The molecule has 1 nitrogen and oxygen atoms in total. The van der Waals surface area contributed by atoms with Crippen LogP contribution < -0.4 is 4.74 Å². The van der Waals surface area contributed by atoms with Crippen molar-refractivity contribution in [3.05, 3.63) is 59.2 Å². The maximum atomic E-state index is 12.4. The number of fused-ring (bicyclic) bond motifs is 1. The van der Waals surface area contributed by atoms with Crippen LogP contribution in [0.25, 0.3) is 17.2 Å². The summed E-state index contributed by atoms with van der Waals surface area (Å²) in [5.41, 5.74) is 5.32. The smallest absolute Gasteiger partial charge is 0.406 e. The van der Waals surface area contributed by atoms with Crippen LogP contribution >= 0.6 is 0 Å². The van der Waals surface area contributed by atoms with Crippen LogP contribution in [0.3, 0.4) is 0 Å². The highest BCUT2D eigenvalue weighted by molar-refractivity contribution is 5.81. The monoisotopic (exact) mass is 304 g/mol. The summed E-state index contributed by atoms with van der Waals surface area (Å²) in [7, 11) is 0. The maximum absolute atomic E-state index is 12.4. The van der Waals surface area contributed by atoms with Crippen molar-refractivity contribution in [2.45, 2.75) is 26.1 Å². The van der Waals surface area contributed by atoms with Gasteiger partial charge in [-0.05, 0) is 47.2 Å². The lowest BCUT2D eigenvalue weighted by atomic mass is 9.97. The number of hydrogen-bond donors (Lipinski definition) is 0. The lowest BCUT2D eigenvalue weighted by Crippen LogP contribution is -2.17. The summed E-state index contributed by atoms with van der Waals surface area (Å²) in [4.78, 5) is 0. The highest BCUT2D eigenvalue weighted by atomic mass is 19.4. The van der Waals surface area contributed by atoms with Crippen LogP contribution in [-0.2, 0) is 6.42 Å². The van der Waals surface area contributed by atoms with Crippen LogP contribution in [0.1, 0.15) is 24.5 Å². The van der Waals surface area contributed by atoms with Crippen LogP contribution in [0.5, 0.6) is 5.75 Å². The van der Waals surface area contributed by atoms with Gasteiger partial charge in [0.05, 0.1) is 0 Å². The molecular weight excluding hydrogens is 289 g/mol. The Morgan fingerprint density at radius 1 is 1.09 bits per heavy atom. The molecule has 4 heteroatoms. The first-order chi connectivity index (χ1) is 10.5. The molecule has 0 atom stereocenters. The third-order valence-corrected chi connectivity index (χ3v) is 3.80. The van der Waals surface area contributed by atoms with E-state index in [-0.39, 0.29) is 5.75 Å². The molecule has 2 aromatic rings. The van der Waals surface area contributed by atoms with E-state index in [1.54, 1.807) is 12.1 Å². The van der Waals surface area contributed by atoms with E-state index in [9.17, 15) is 13.2 Å². The molecule has 1 aliphatic rings. The normalized spacial score (nSPS) is 13.7. The van der Waals surface area contributed by atoms with E-state index in [0.717, 1.165) is 29.5 Å². The average Bonchev–Trinajstić information content (AvgIpc) is 2.88. The van der Waals surface area contributed by atoms with Crippen molar-refractivity contribution in [2.24, 2.45) is 0 Å². The molecule has 0 aliphatic heterocycles. The number of benzene rings is 2. The molecule has 3 rings (SSSR count). The summed E-state index contributed by atoms with van der Waals surface area (Å²) in [5.74, 6) is -0.194. The number of alkyl halides is 3. The van der Waals surface area contributed by atoms with Gasteiger partial charge in [0.2, 0.25) is 0 Å². The van der Waals surface area contributed by atoms with Gasteiger partial charge < -0.3 is 4.74 Å². The predicted octanol–water partition coefficient (Wildman–Crippen LogP) is 5.60. The largest absolute Gasteiger partial charge is 0.573 e. The van der Waals surface area contributed by atoms with Gasteiger partial charge in [-0.15, -0.1) is 13.2 Å². The number of ether oxygens (including phenoxy) is 1. The van der Waals surface area contributed by atoms with E-state index in [1.165, 1.54) is 23.3 Å². The molecule has 0 unspecified atom stereocenters. The minimum absolute atomic E-state index is 0.194. The van der Waals surface area contributed by atoms with E-state index in [2.05, 4.69) is 23.8 Å². The van der Waals surface area contributed by atoms with Gasteiger partial charge >= 0.3 is 6.36 Å². The standard InChI is InChI=1S/C18H15F3O/c1-2-12-9-13-6-4-8-16(17(13)10-12)14-5-3-7-15(11-14)22-18(19,20)21/h3-8,10-11H,2,9H2,1H3. The Morgan fingerprint density at radius 3 is 2.59 bits per heavy atom. The number of allylic oxidation sites excluding steroid dienone is 1. The second-order valence-electron chi connectivity index (χ2n) is 5.29. The summed E-state index contributed by atoms with van der Waals surface area (Å²) < 4.78 is 41.1. The molecule has 114 valence electrons. The van der Waals surface area contributed by atoms with Crippen molar-refractivity contribution in [1.82, 2.24) is 0 Å². The maximum Gasteiger partial charge on any atom is 0.573 e. The zero-order valence-electron chi connectivity index (χ0n) is 12.1. The van der Waals surface area contributed by atoms with Crippen LogP contribution in [-0.4, -0.2) is 6.36 Å². The molecule has 2 aromatic carbocycles. The second-order valence-corrected chi connectivity index (χ2v) is 5.29. The van der Waals surface area contributed by atoms with Crippen LogP contribution in [0.15, 0.2) is 48.0 Å². The third kappa shape index (κ3) is 3.01.